The monoisotopic (exact) mass is 366 g/mol. The lowest BCUT2D eigenvalue weighted by Gasteiger charge is -2.50. The first-order valence-electron chi connectivity index (χ1n) is 10.2. The highest BCUT2D eigenvalue weighted by atomic mass is 15.4. The summed E-state index contributed by atoms with van der Waals surface area (Å²) in [5, 5.41) is 0. The Hall–Kier alpha value is -3.14. The van der Waals surface area contributed by atoms with Gasteiger partial charge in [0, 0.05) is 37.6 Å². The lowest BCUT2D eigenvalue weighted by Crippen LogP contribution is -2.50. The summed E-state index contributed by atoms with van der Waals surface area (Å²) in [6.45, 7) is 6.01. The molecule has 0 saturated heterocycles. The largest absolute Gasteiger partial charge is 0.349 e. The number of hydrogen-bond donors (Lipinski definition) is 0. The molecule has 4 heterocycles. The summed E-state index contributed by atoms with van der Waals surface area (Å²) in [6, 6.07) is 22.5. The summed E-state index contributed by atoms with van der Waals surface area (Å²) in [5.74, 6) is 0. The standard InChI is InChI=1S/C24H22N4/c1-3-7-21-17(5-1)11-27-15-25(21)13-19-9-10-20-14-26-16-28(24(20)23(19)27)12-18-6-2-4-8-22(18)26/h1-10H,11-16H2. The Morgan fingerprint density at radius 3 is 1.36 bits per heavy atom. The van der Waals surface area contributed by atoms with Crippen molar-refractivity contribution < 1.29 is 0 Å². The normalized spacial score (nSPS) is 18.3. The van der Waals surface area contributed by atoms with Crippen molar-refractivity contribution in [2.24, 2.45) is 0 Å². The first-order valence-corrected chi connectivity index (χ1v) is 10.2. The fourth-order valence-electron chi connectivity index (χ4n) is 5.59. The summed E-state index contributed by atoms with van der Waals surface area (Å²) in [6.07, 6.45) is 0. The van der Waals surface area contributed by atoms with E-state index in [4.69, 9.17) is 0 Å². The van der Waals surface area contributed by atoms with Crippen LogP contribution in [0.5, 0.6) is 0 Å². The molecule has 0 aliphatic carbocycles. The predicted molar refractivity (Wildman–Crippen MR) is 114 cm³/mol. The summed E-state index contributed by atoms with van der Waals surface area (Å²) in [4.78, 5) is 10.2. The Bertz CT molecular complexity index is 1030. The number of rotatable bonds is 0. The Labute approximate surface area is 165 Å². The van der Waals surface area contributed by atoms with E-state index in [9.17, 15) is 0 Å². The van der Waals surface area contributed by atoms with Gasteiger partial charge in [-0.2, -0.15) is 0 Å². The average molecular weight is 366 g/mol. The number of nitrogens with zero attached hydrogens (tertiary/aromatic N) is 4. The van der Waals surface area contributed by atoms with Crippen LogP contribution in [0.15, 0.2) is 60.7 Å². The molecule has 3 aromatic carbocycles. The first kappa shape index (κ1) is 14.9. The van der Waals surface area contributed by atoms with Crippen LogP contribution in [0.2, 0.25) is 0 Å². The number of benzene rings is 3. The number of hydrogen-bond acceptors (Lipinski definition) is 4. The highest BCUT2D eigenvalue weighted by molar-refractivity contribution is 5.84. The van der Waals surface area contributed by atoms with Crippen LogP contribution in [0, 0.1) is 0 Å². The van der Waals surface area contributed by atoms with Crippen LogP contribution < -0.4 is 19.6 Å². The van der Waals surface area contributed by atoms with Gasteiger partial charge in [0.2, 0.25) is 0 Å². The van der Waals surface area contributed by atoms with Gasteiger partial charge < -0.3 is 19.6 Å². The molecule has 0 amide bonds. The third-order valence-electron chi connectivity index (χ3n) is 6.74. The van der Waals surface area contributed by atoms with Gasteiger partial charge in [-0.05, 0) is 34.4 Å². The number of para-hydroxylation sites is 2. The predicted octanol–water partition coefficient (Wildman–Crippen LogP) is 4.28. The van der Waals surface area contributed by atoms with E-state index in [0.717, 1.165) is 39.5 Å². The van der Waals surface area contributed by atoms with E-state index in [2.05, 4.69) is 80.3 Å². The maximum absolute atomic E-state index is 2.59. The molecule has 138 valence electrons. The zero-order valence-electron chi connectivity index (χ0n) is 15.8. The molecule has 28 heavy (non-hydrogen) atoms. The van der Waals surface area contributed by atoms with Crippen molar-refractivity contribution in [2.75, 3.05) is 32.9 Å². The van der Waals surface area contributed by atoms with E-state index in [1.165, 1.54) is 45.0 Å². The van der Waals surface area contributed by atoms with Crippen molar-refractivity contribution in [3.05, 3.63) is 82.9 Å². The molecule has 4 aliphatic heterocycles. The highest BCUT2D eigenvalue weighted by Gasteiger charge is 2.37. The van der Waals surface area contributed by atoms with Crippen LogP contribution in [0.1, 0.15) is 22.3 Å². The minimum atomic E-state index is 0.995. The van der Waals surface area contributed by atoms with Crippen LogP contribution >= 0.6 is 0 Å². The van der Waals surface area contributed by atoms with E-state index in [1.807, 2.05) is 0 Å². The molecule has 4 heteroatoms. The molecule has 4 aliphatic rings. The van der Waals surface area contributed by atoms with Crippen LogP contribution in [0.4, 0.5) is 22.7 Å². The molecule has 0 unspecified atom stereocenters. The molecule has 4 bridgehead atoms. The smallest absolute Gasteiger partial charge is 0.0910 e. The first-order chi connectivity index (χ1) is 13.8. The van der Waals surface area contributed by atoms with Crippen molar-refractivity contribution in [2.45, 2.75) is 26.2 Å². The second-order valence-electron chi connectivity index (χ2n) is 8.41. The van der Waals surface area contributed by atoms with Crippen LogP contribution in [-0.2, 0) is 26.2 Å². The fraction of sp³-hybridized carbons (Fsp3) is 0.250. The van der Waals surface area contributed by atoms with Crippen molar-refractivity contribution >= 4 is 22.7 Å². The summed E-state index contributed by atoms with van der Waals surface area (Å²) >= 11 is 0. The molecule has 0 saturated carbocycles. The third kappa shape index (κ3) is 1.90. The van der Waals surface area contributed by atoms with Crippen LogP contribution in [0.3, 0.4) is 0 Å². The molecule has 0 atom stereocenters. The second-order valence-corrected chi connectivity index (χ2v) is 8.41. The van der Waals surface area contributed by atoms with Gasteiger partial charge in [0.1, 0.15) is 0 Å². The lowest BCUT2D eigenvalue weighted by atomic mass is 9.94. The zero-order valence-corrected chi connectivity index (χ0v) is 15.8. The van der Waals surface area contributed by atoms with Gasteiger partial charge in [-0.3, -0.25) is 0 Å². The Morgan fingerprint density at radius 2 is 0.857 bits per heavy atom. The van der Waals surface area contributed by atoms with Gasteiger partial charge in [0.15, 0.2) is 0 Å². The molecule has 3 aromatic rings. The highest BCUT2D eigenvalue weighted by Crippen LogP contribution is 2.48. The Kier molecular flexibility index (Phi) is 2.77. The van der Waals surface area contributed by atoms with Gasteiger partial charge in [-0.25, -0.2) is 0 Å². The number of anilines is 4. The van der Waals surface area contributed by atoms with Crippen LogP contribution in [0.25, 0.3) is 0 Å². The lowest BCUT2D eigenvalue weighted by molar-refractivity contribution is 0.623. The third-order valence-corrected chi connectivity index (χ3v) is 6.74. The SMILES string of the molecule is c1ccc2c(c1)CN1CN2Cc2ccc3c(c21)N1Cc2ccccc2N(C3)C1. The molecule has 4 nitrogen and oxygen atoms in total. The molecule has 0 N–H and O–H groups in total. The molecule has 0 fully saturated rings. The van der Waals surface area contributed by atoms with Gasteiger partial charge in [-0.15, -0.1) is 0 Å². The van der Waals surface area contributed by atoms with Gasteiger partial charge in [-0.1, -0.05) is 48.5 Å². The second kappa shape index (κ2) is 5.22. The van der Waals surface area contributed by atoms with Crippen molar-refractivity contribution in [3.8, 4) is 0 Å². The van der Waals surface area contributed by atoms with Crippen LogP contribution in [-0.4, -0.2) is 13.3 Å². The quantitative estimate of drug-likeness (QED) is 0.589. The van der Waals surface area contributed by atoms with E-state index in [-0.39, 0.29) is 0 Å². The topological polar surface area (TPSA) is 13.0 Å². The minimum absolute atomic E-state index is 0.995. The maximum Gasteiger partial charge on any atom is 0.0910 e. The summed E-state index contributed by atoms with van der Waals surface area (Å²) in [7, 11) is 0. The van der Waals surface area contributed by atoms with Crippen molar-refractivity contribution in [3.63, 3.8) is 0 Å². The van der Waals surface area contributed by atoms with E-state index >= 15 is 0 Å². The fourth-order valence-corrected chi connectivity index (χ4v) is 5.59. The molecule has 0 radical (unpaired) electrons. The molecular formula is C24H22N4. The molecular weight excluding hydrogens is 344 g/mol. The number of fused-ring (bicyclic) bond motifs is 13. The molecule has 0 aromatic heterocycles. The maximum atomic E-state index is 2.59. The molecule has 7 rings (SSSR count). The van der Waals surface area contributed by atoms with E-state index in [1.54, 1.807) is 0 Å². The zero-order chi connectivity index (χ0) is 18.2. The molecule has 0 spiro atoms. The van der Waals surface area contributed by atoms with Gasteiger partial charge >= 0.3 is 0 Å². The van der Waals surface area contributed by atoms with Crippen molar-refractivity contribution in [1.82, 2.24) is 0 Å². The summed E-state index contributed by atoms with van der Waals surface area (Å²) in [5.41, 5.74) is 11.6. The summed E-state index contributed by atoms with van der Waals surface area (Å²) < 4.78 is 0. The Balaban J connectivity index is 1.37. The van der Waals surface area contributed by atoms with E-state index in [0.29, 0.717) is 0 Å². The van der Waals surface area contributed by atoms with Gasteiger partial charge in [0.05, 0.1) is 24.7 Å². The van der Waals surface area contributed by atoms with Crippen molar-refractivity contribution in [1.29, 1.82) is 0 Å². The Morgan fingerprint density at radius 1 is 0.429 bits per heavy atom. The van der Waals surface area contributed by atoms with Gasteiger partial charge in [0.25, 0.3) is 0 Å². The minimum Gasteiger partial charge on any atom is -0.349 e. The van der Waals surface area contributed by atoms with E-state index < -0.39 is 0 Å². The average Bonchev–Trinajstić information content (AvgIpc) is 2.74.